The zero-order chi connectivity index (χ0) is 9.40. The van der Waals surface area contributed by atoms with Crippen LogP contribution in [-0.4, -0.2) is 16.5 Å². The summed E-state index contributed by atoms with van der Waals surface area (Å²) in [7, 11) is 0. The van der Waals surface area contributed by atoms with E-state index in [1.807, 2.05) is 12.2 Å². The average Bonchev–Trinajstić information content (AvgIpc) is 1.95. The summed E-state index contributed by atoms with van der Waals surface area (Å²) in [5.41, 5.74) is 1.31. The van der Waals surface area contributed by atoms with E-state index in [0.717, 1.165) is 12.8 Å². The molecule has 2 nitrogen and oxygen atoms in total. The van der Waals surface area contributed by atoms with E-state index in [1.165, 1.54) is 5.57 Å². The van der Waals surface area contributed by atoms with Crippen molar-refractivity contribution < 1.29 is 10.2 Å². The molecule has 70 valence electrons. The van der Waals surface area contributed by atoms with E-state index in [4.69, 9.17) is 10.2 Å². The Kier molecular flexibility index (Phi) is 6.72. The largest absolute Gasteiger partial charge is 0.368 e. The lowest BCUT2D eigenvalue weighted by Crippen LogP contribution is -2.01. The molecule has 0 spiro atoms. The summed E-state index contributed by atoms with van der Waals surface area (Å²) in [4.78, 5) is 0. The molecule has 0 aliphatic rings. The van der Waals surface area contributed by atoms with Gasteiger partial charge >= 0.3 is 0 Å². The van der Waals surface area contributed by atoms with E-state index in [0.29, 0.717) is 6.42 Å². The van der Waals surface area contributed by atoms with Gasteiger partial charge in [-0.3, -0.25) is 0 Å². The molecule has 0 unspecified atom stereocenters. The molecule has 0 rings (SSSR count). The minimum atomic E-state index is -1.17. The molecule has 2 heteroatoms. The van der Waals surface area contributed by atoms with Crippen LogP contribution in [0.2, 0.25) is 0 Å². The predicted molar refractivity (Wildman–Crippen MR) is 50.6 cm³/mol. The van der Waals surface area contributed by atoms with E-state index in [1.54, 1.807) is 0 Å². The highest BCUT2D eigenvalue weighted by atomic mass is 16.5. The van der Waals surface area contributed by atoms with Crippen LogP contribution in [0.4, 0.5) is 0 Å². The maximum Gasteiger partial charge on any atom is 0.151 e. The summed E-state index contributed by atoms with van der Waals surface area (Å²) < 4.78 is 0. The van der Waals surface area contributed by atoms with Gasteiger partial charge in [-0.25, -0.2) is 0 Å². The first kappa shape index (κ1) is 11.4. The second-order valence-electron chi connectivity index (χ2n) is 3.05. The Morgan fingerprint density at radius 1 is 1.25 bits per heavy atom. The fraction of sp³-hybridized carbons (Fsp3) is 0.600. The monoisotopic (exact) mass is 170 g/mol. The Morgan fingerprint density at radius 3 is 2.42 bits per heavy atom. The minimum absolute atomic E-state index is 0.422. The van der Waals surface area contributed by atoms with Gasteiger partial charge < -0.3 is 10.2 Å². The highest BCUT2D eigenvalue weighted by molar-refractivity contribution is 4.98. The lowest BCUT2D eigenvalue weighted by molar-refractivity contribution is -0.0442. The quantitative estimate of drug-likeness (QED) is 0.489. The maximum atomic E-state index is 8.51. The second-order valence-corrected chi connectivity index (χ2v) is 3.05. The highest BCUT2D eigenvalue weighted by Crippen LogP contribution is 1.98. The van der Waals surface area contributed by atoms with Gasteiger partial charge in [0.05, 0.1) is 0 Å². The molecule has 2 N–H and O–H groups in total. The topological polar surface area (TPSA) is 40.5 Å². The van der Waals surface area contributed by atoms with Gasteiger partial charge in [0.2, 0.25) is 0 Å². The van der Waals surface area contributed by atoms with Gasteiger partial charge in [-0.15, -0.1) is 0 Å². The first-order chi connectivity index (χ1) is 5.63. The summed E-state index contributed by atoms with van der Waals surface area (Å²) in [6.07, 6.45) is 7.06. The van der Waals surface area contributed by atoms with Crippen molar-refractivity contribution in [1.29, 1.82) is 0 Å². The van der Waals surface area contributed by atoms with Gasteiger partial charge in [-0.1, -0.05) is 23.8 Å². The van der Waals surface area contributed by atoms with Gasteiger partial charge in [0.15, 0.2) is 6.29 Å². The predicted octanol–water partition coefficient (Wildman–Crippen LogP) is 1.99. The van der Waals surface area contributed by atoms with Gasteiger partial charge in [-0.05, 0) is 26.7 Å². The number of aliphatic hydroxyl groups is 2. The van der Waals surface area contributed by atoms with Crippen LogP contribution in [0.1, 0.15) is 33.1 Å². The molecule has 0 heterocycles. The van der Waals surface area contributed by atoms with Crippen LogP contribution < -0.4 is 0 Å². The third-order valence-electron chi connectivity index (χ3n) is 1.42. The van der Waals surface area contributed by atoms with Crippen LogP contribution in [-0.2, 0) is 0 Å². The van der Waals surface area contributed by atoms with Crippen molar-refractivity contribution >= 4 is 0 Å². The first-order valence-corrected chi connectivity index (χ1v) is 4.27. The van der Waals surface area contributed by atoms with Crippen molar-refractivity contribution in [1.82, 2.24) is 0 Å². The third-order valence-corrected chi connectivity index (χ3v) is 1.42. The molecule has 0 atom stereocenters. The zero-order valence-electron chi connectivity index (χ0n) is 7.83. The van der Waals surface area contributed by atoms with Crippen LogP contribution in [0.25, 0.3) is 0 Å². The molecule has 0 bridgehead atoms. The average molecular weight is 170 g/mol. The Bertz CT molecular complexity index is 153. The smallest absolute Gasteiger partial charge is 0.151 e. The Morgan fingerprint density at radius 2 is 1.92 bits per heavy atom. The van der Waals surface area contributed by atoms with Crippen molar-refractivity contribution in [3.05, 3.63) is 23.8 Å². The molecule has 12 heavy (non-hydrogen) atoms. The van der Waals surface area contributed by atoms with E-state index in [2.05, 4.69) is 19.9 Å². The summed E-state index contributed by atoms with van der Waals surface area (Å²) in [5, 5.41) is 17.0. The zero-order valence-corrected chi connectivity index (χ0v) is 7.83. The molecule has 0 saturated carbocycles. The molecule has 0 aromatic heterocycles. The molecule has 0 fully saturated rings. The number of allylic oxidation sites excluding steroid dienone is 4. The fourth-order valence-electron chi connectivity index (χ4n) is 0.763. The molecule has 0 saturated heterocycles. The summed E-state index contributed by atoms with van der Waals surface area (Å²) in [6, 6.07) is 0. The molecule has 0 aliphatic carbocycles. The Hall–Kier alpha value is -0.600. The standard InChI is InChI=1S/C10H18O2/c1-9(2)7-5-3-4-6-8-10(11)12/h3-4,7,10-12H,5-6,8H2,1-2H3. The van der Waals surface area contributed by atoms with Crippen molar-refractivity contribution in [3.63, 3.8) is 0 Å². The third kappa shape index (κ3) is 9.40. The number of hydrogen-bond acceptors (Lipinski definition) is 2. The fourth-order valence-corrected chi connectivity index (χ4v) is 0.763. The first-order valence-electron chi connectivity index (χ1n) is 4.27. The summed E-state index contributed by atoms with van der Waals surface area (Å²) in [5.74, 6) is 0. The van der Waals surface area contributed by atoms with Gasteiger partial charge in [0.1, 0.15) is 0 Å². The Labute approximate surface area is 74.2 Å². The molecule has 0 aromatic rings. The highest BCUT2D eigenvalue weighted by Gasteiger charge is 1.91. The van der Waals surface area contributed by atoms with Crippen molar-refractivity contribution in [2.24, 2.45) is 0 Å². The van der Waals surface area contributed by atoms with E-state index in [9.17, 15) is 0 Å². The van der Waals surface area contributed by atoms with Gasteiger partial charge in [0.25, 0.3) is 0 Å². The second kappa shape index (κ2) is 7.07. The van der Waals surface area contributed by atoms with Crippen LogP contribution in [0.15, 0.2) is 23.8 Å². The number of aliphatic hydroxyl groups excluding tert-OH is 1. The summed E-state index contributed by atoms with van der Waals surface area (Å²) >= 11 is 0. The minimum Gasteiger partial charge on any atom is -0.368 e. The molecule has 0 amide bonds. The molecule has 0 radical (unpaired) electrons. The maximum absolute atomic E-state index is 8.51. The van der Waals surface area contributed by atoms with Crippen molar-refractivity contribution in [3.8, 4) is 0 Å². The molecular formula is C10H18O2. The molecular weight excluding hydrogens is 152 g/mol. The van der Waals surface area contributed by atoms with Crippen molar-refractivity contribution in [2.75, 3.05) is 0 Å². The summed E-state index contributed by atoms with van der Waals surface area (Å²) in [6.45, 7) is 4.12. The van der Waals surface area contributed by atoms with Gasteiger partial charge in [-0.2, -0.15) is 0 Å². The van der Waals surface area contributed by atoms with Crippen LogP contribution >= 0.6 is 0 Å². The van der Waals surface area contributed by atoms with E-state index < -0.39 is 6.29 Å². The van der Waals surface area contributed by atoms with Crippen LogP contribution in [0.5, 0.6) is 0 Å². The molecule has 0 aliphatic heterocycles. The molecule has 0 aromatic carbocycles. The van der Waals surface area contributed by atoms with Crippen molar-refractivity contribution in [2.45, 2.75) is 39.4 Å². The van der Waals surface area contributed by atoms with Crippen LogP contribution in [0.3, 0.4) is 0 Å². The Balaban J connectivity index is 3.32. The van der Waals surface area contributed by atoms with Crippen LogP contribution in [0, 0.1) is 0 Å². The lowest BCUT2D eigenvalue weighted by atomic mass is 10.2. The lowest BCUT2D eigenvalue weighted by Gasteiger charge is -1.97. The van der Waals surface area contributed by atoms with E-state index >= 15 is 0 Å². The SMILES string of the molecule is CC(C)=CCC=CCCC(O)O. The number of rotatable bonds is 5. The number of hydrogen-bond donors (Lipinski definition) is 2. The van der Waals surface area contributed by atoms with Gasteiger partial charge in [0, 0.05) is 6.42 Å². The normalized spacial score (nSPS) is 11.1. The van der Waals surface area contributed by atoms with E-state index in [-0.39, 0.29) is 0 Å².